The zero-order chi connectivity index (χ0) is 75.4. The van der Waals surface area contributed by atoms with Crippen LogP contribution < -0.4 is 26.2 Å². The summed E-state index contributed by atoms with van der Waals surface area (Å²) in [6.45, 7) is 21.0. The van der Waals surface area contributed by atoms with Crippen LogP contribution in [0.25, 0.3) is 122 Å². The quantitative estimate of drug-likeness (QED) is 0.113. The van der Waals surface area contributed by atoms with Crippen LogP contribution in [0.5, 0.6) is 0 Å². The number of anilines is 6. The number of para-hydroxylation sites is 2. The molecule has 17 aromatic rings. The van der Waals surface area contributed by atoms with Crippen molar-refractivity contribution >= 4 is 79.0 Å². The molecule has 534 valence electrons. The molecule has 0 spiro atoms. The van der Waals surface area contributed by atoms with Crippen LogP contribution in [0, 0.1) is 0 Å². The van der Waals surface area contributed by atoms with Crippen LogP contribution in [0.15, 0.2) is 364 Å². The fourth-order valence-corrected chi connectivity index (χ4v) is 17.7. The van der Waals surface area contributed by atoms with Gasteiger partial charge in [-0.3, -0.25) is 0 Å². The summed E-state index contributed by atoms with van der Waals surface area (Å²) in [6, 6.07) is 137. The number of benzene rings is 15. The van der Waals surface area contributed by atoms with Crippen LogP contribution >= 0.6 is 0 Å². The van der Waals surface area contributed by atoms with Gasteiger partial charge in [0, 0.05) is 78.3 Å². The first-order chi connectivity index (χ1) is 54.0. The highest BCUT2D eigenvalue weighted by molar-refractivity contribution is 7.00. The minimum atomic E-state index is -0.365. The van der Waals surface area contributed by atoms with Crippen LogP contribution in [0.1, 0.15) is 79.0 Å². The molecule has 0 amide bonds. The van der Waals surface area contributed by atoms with Crippen molar-refractivity contribution in [2.75, 3.05) is 9.80 Å². The van der Waals surface area contributed by atoms with E-state index in [9.17, 15) is 0 Å². The largest absolute Gasteiger partial charge is 0.310 e. The summed E-state index contributed by atoms with van der Waals surface area (Å²) in [6.07, 6.45) is 0. The lowest BCUT2D eigenvalue weighted by molar-refractivity contribution is 0.590. The molecule has 0 N–H and O–H groups in total. The van der Waals surface area contributed by atoms with E-state index < -0.39 is 0 Å². The molecule has 0 unspecified atom stereocenters. The van der Waals surface area contributed by atoms with Crippen molar-refractivity contribution < 1.29 is 0 Å². The number of hydrogen-bond donors (Lipinski definition) is 0. The number of hydrogen-bond acceptors (Lipinski definition) is 2. The molecule has 19 rings (SSSR count). The molecule has 0 fully saturated rings. The summed E-state index contributed by atoms with van der Waals surface area (Å²) in [7, 11) is 0. The van der Waals surface area contributed by atoms with Gasteiger partial charge in [0.2, 0.25) is 0 Å². The SMILES string of the molecule is CC(C)(C)c1cc(-c2ccccc2)c(N2c3ccc(-n4c(-c5ccccc5)c(-c5ccccc5)c5ccccc54)cc3B3c4cc(-n5c(-c6ccccc6)c(-c6ccccc6)c6ccccc65)ccc4N(c4c(-c5ccccc5)cc(C(C)(C)C)cc4-c4ccccc4)c4cc(C(C)(C)C)cc2c43)c(-c2ccccc2)c1. The summed E-state index contributed by atoms with van der Waals surface area (Å²) < 4.78 is 5.15. The Balaban J connectivity index is 1.02. The first-order valence-corrected chi connectivity index (χ1v) is 39.2. The van der Waals surface area contributed by atoms with E-state index in [4.69, 9.17) is 0 Å². The van der Waals surface area contributed by atoms with Crippen molar-refractivity contribution in [3.05, 3.63) is 381 Å². The lowest BCUT2D eigenvalue weighted by Crippen LogP contribution is -2.61. The molecular formula is C106H87BN4. The highest BCUT2D eigenvalue weighted by Gasteiger charge is 2.47. The molecule has 4 heterocycles. The lowest BCUT2D eigenvalue weighted by Gasteiger charge is -2.47. The molecule has 0 radical (unpaired) electrons. The van der Waals surface area contributed by atoms with Gasteiger partial charge in [-0.25, -0.2) is 0 Å². The van der Waals surface area contributed by atoms with Gasteiger partial charge < -0.3 is 18.9 Å². The molecule has 0 bridgehead atoms. The van der Waals surface area contributed by atoms with Gasteiger partial charge in [0.05, 0.1) is 33.8 Å². The molecule has 0 aliphatic carbocycles. The van der Waals surface area contributed by atoms with E-state index in [0.717, 1.165) is 124 Å². The Hall–Kier alpha value is -13.0. The minimum absolute atomic E-state index is 0.212. The summed E-state index contributed by atoms with van der Waals surface area (Å²) in [5, 5.41) is 2.38. The second kappa shape index (κ2) is 27.0. The number of rotatable bonds is 12. The van der Waals surface area contributed by atoms with Crippen LogP contribution in [0.4, 0.5) is 34.1 Å². The van der Waals surface area contributed by atoms with Gasteiger partial charge in [-0.05, 0) is 179 Å². The maximum atomic E-state index is 2.73. The Bertz CT molecular complexity index is 5900. The Labute approximate surface area is 653 Å². The Morgan fingerprint density at radius 2 is 0.495 bits per heavy atom. The third kappa shape index (κ3) is 11.8. The van der Waals surface area contributed by atoms with Crippen LogP contribution in [-0.4, -0.2) is 15.8 Å². The smallest absolute Gasteiger partial charge is 0.252 e. The first kappa shape index (κ1) is 68.6. The van der Waals surface area contributed by atoms with Gasteiger partial charge in [-0.1, -0.05) is 341 Å². The van der Waals surface area contributed by atoms with Crippen molar-refractivity contribution in [1.29, 1.82) is 0 Å². The lowest BCUT2D eigenvalue weighted by atomic mass is 9.33. The van der Waals surface area contributed by atoms with Crippen LogP contribution in [0.2, 0.25) is 0 Å². The average molecular weight is 1430 g/mol. The van der Waals surface area contributed by atoms with Gasteiger partial charge in [0.15, 0.2) is 0 Å². The van der Waals surface area contributed by atoms with Crippen molar-refractivity contribution in [2.24, 2.45) is 0 Å². The number of nitrogens with zero attached hydrogens (tertiary/aromatic N) is 4. The zero-order valence-electron chi connectivity index (χ0n) is 64.5. The fraction of sp³-hybridized carbons (Fsp3) is 0.113. The highest BCUT2D eigenvalue weighted by atomic mass is 15.2. The molecule has 4 nitrogen and oxygen atoms in total. The van der Waals surface area contributed by atoms with Gasteiger partial charge in [-0.15, -0.1) is 0 Å². The standard InChI is InChI=1S/C106H87BN4/c1-104(2,3)78-62-85(70-38-18-10-19-39-70)102(86(63-78)71-40-20-11-21-41-71)110-93-60-58-81(108-91-56-36-34-54-83(91)97(74-46-26-14-27-47-74)100(108)76-50-30-16-31-51-76)68-89(93)107-90-69-82(109-92-57-37-35-55-84(92)98(75-48-28-15-29-49-75)101(109)77-52-32-17-33-53-77)59-61-94(90)111(96-67-80(106(7,8)9)66-95(110)99(96)107)103-87(72-42-22-12-23-43-72)64-79(105(4,5)6)65-88(103)73-44-24-13-25-45-73/h10-69H,1-9H3. The second-order valence-corrected chi connectivity index (χ2v) is 33.2. The maximum absolute atomic E-state index is 2.73. The summed E-state index contributed by atoms with van der Waals surface area (Å²) in [5.74, 6) is 0. The van der Waals surface area contributed by atoms with E-state index in [2.05, 4.69) is 445 Å². The Morgan fingerprint density at radius 1 is 0.234 bits per heavy atom. The Kier molecular flexibility index (Phi) is 16.7. The molecular weight excluding hydrogens is 1340 g/mol. The summed E-state index contributed by atoms with van der Waals surface area (Å²) in [4.78, 5) is 5.46. The second-order valence-electron chi connectivity index (χ2n) is 33.2. The van der Waals surface area contributed by atoms with Gasteiger partial charge in [0.25, 0.3) is 6.71 Å². The van der Waals surface area contributed by atoms with E-state index in [1.807, 2.05) is 0 Å². The van der Waals surface area contributed by atoms with E-state index in [0.29, 0.717) is 0 Å². The van der Waals surface area contributed by atoms with Crippen LogP contribution in [-0.2, 0) is 16.2 Å². The monoisotopic (exact) mass is 1430 g/mol. The molecule has 0 atom stereocenters. The molecule has 2 aromatic heterocycles. The van der Waals surface area contributed by atoms with E-state index in [1.165, 1.54) is 66.1 Å². The van der Waals surface area contributed by atoms with Crippen molar-refractivity contribution in [3.8, 4) is 101 Å². The first-order valence-electron chi connectivity index (χ1n) is 39.2. The van der Waals surface area contributed by atoms with E-state index in [1.54, 1.807) is 0 Å². The van der Waals surface area contributed by atoms with Gasteiger partial charge in [0.1, 0.15) is 0 Å². The topological polar surface area (TPSA) is 16.3 Å². The molecule has 2 aliphatic heterocycles. The molecule has 2 aliphatic rings. The third-order valence-electron chi connectivity index (χ3n) is 23.1. The van der Waals surface area contributed by atoms with Crippen molar-refractivity contribution in [3.63, 3.8) is 0 Å². The summed E-state index contributed by atoms with van der Waals surface area (Å²) >= 11 is 0. The predicted molar refractivity (Wildman–Crippen MR) is 474 cm³/mol. The van der Waals surface area contributed by atoms with Crippen molar-refractivity contribution in [1.82, 2.24) is 9.13 Å². The molecule has 0 saturated carbocycles. The summed E-state index contributed by atoms with van der Waals surface area (Å²) in [5.41, 5.74) is 36.3. The Morgan fingerprint density at radius 3 is 0.793 bits per heavy atom. The minimum Gasteiger partial charge on any atom is -0.310 e. The normalized spacial score (nSPS) is 12.7. The van der Waals surface area contributed by atoms with Gasteiger partial charge in [-0.2, -0.15) is 0 Å². The van der Waals surface area contributed by atoms with E-state index in [-0.39, 0.29) is 23.0 Å². The molecule has 5 heteroatoms. The van der Waals surface area contributed by atoms with E-state index >= 15 is 0 Å². The fourth-order valence-electron chi connectivity index (χ4n) is 17.7. The number of aromatic nitrogens is 2. The van der Waals surface area contributed by atoms with Crippen molar-refractivity contribution in [2.45, 2.75) is 78.6 Å². The third-order valence-corrected chi connectivity index (χ3v) is 23.1. The number of fused-ring (bicyclic) bond motifs is 6. The van der Waals surface area contributed by atoms with Gasteiger partial charge >= 0.3 is 0 Å². The molecule has 0 saturated heterocycles. The maximum Gasteiger partial charge on any atom is 0.252 e. The van der Waals surface area contributed by atoms with Crippen LogP contribution in [0.3, 0.4) is 0 Å². The average Bonchev–Trinajstić information content (AvgIpc) is 0.906. The zero-order valence-corrected chi connectivity index (χ0v) is 64.5. The molecule has 15 aromatic carbocycles. The highest BCUT2D eigenvalue weighted by Crippen LogP contribution is 2.56. The molecule has 111 heavy (non-hydrogen) atoms. The predicted octanol–water partition coefficient (Wildman–Crippen LogP) is 26.9.